The molecule has 9 heteroatoms. The van der Waals surface area contributed by atoms with Crippen LogP contribution in [0, 0.1) is 11.5 Å². The monoisotopic (exact) mass is 501 g/mol. The van der Waals surface area contributed by atoms with Gasteiger partial charge in [-0.2, -0.15) is 0 Å². The van der Waals surface area contributed by atoms with Gasteiger partial charge in [0, 0.05) is 43.1 Å². The molecule has 1 heterocycles. The summed E-state index contributed by atoms with van der Waals surface area (Å²) in [5, 5.41) is 4.12. The van der Waals surface area contributed by atoms with Crippen LogP contribution in [0.5, 0.6) is 11.5 Å². The number of fused-ring (bicyclic) bond motifs is 1. The number of halogens is 1. The van der Waals surface area contributed by atoms with Crippen molar-refractivity contribution < 1.29 is 18.9 Å². The Balaban J connectivity index is 0.00000408. The Morgan fingerprint density at radius 2 is 1.59 bits per heavy atom. The van der Waals surface area contributed by atoms with E-state index in [0.29, 0.717) is 43.9 Å². The van der Waals surface area contributed by atoms with Crippen LogP contribution in [0.15, 0.2) is 42.6 Å². The van der Waals surface area contributed by atoms with Crippen molar-refractivity contribution in [2.75, 3.05) is 46.0 Å². The normalized spacial score (nSPS) is 10.7. The van der Waals surface area contributed by atoms with Crippen molar-refractivity contribution in [1.82, 2.24) is 9.97 Å². The molecule has 7 nitrogen and oxygen atoms in total. The minimum atomic E-state index is -1.44. The van der Waals surface area contributed by atoms with Gasteiger partial charge in [0.2, 0.25) is 5.95 Å². The van der Waals surface area contributed by atoms with Gasteiger partial charge in [-0.25, -0.2) is 9.97 Å². The minimum absolute atomic E-state index is 0. The van der Waals surface area contributed by atoms with E-state index in [1.54, 1.807) is 20.4 Å². The smallest absolute Gasteiger partial charge is 0.227 e. The first-order valence-electron chi connectivity index (χ1n) is 10.8. The van der Waals surface area contributed by atoms with E-state index >= 15 is 0 Å². The maximum Gasteiger partial charge on any atom is 0.227 e. The summed E-state index contributed by atoms with van der Waals surface area (Å²) in [6, 6.07) is 11.7. The number of aromatic nitrogens is 2. The van der Waals surface area contributed by atoms with E-state index in [9.17, 15) is 0 Å². The second kappa shape index (κ2) is 13.2. The topological polar surface area (TPSA) is 74.7 Å². The molecule has 182 valence electrons. The van der Waals surface area contributed by atoms with Gasteiger partial charge in [-0.05, 0) is 24.3 Å². The van der Waals surface area contributed by atoms with E-state index in [-0.39, 0.29) is 12.4 Å². The van der Waals surface area contributed by atoms with E-state index in [1.165, 1.54) is 0 Å². The Morgan fingerprint density at radius 1 is 0.912 bits per heavy atom. The van der Waals surface area contributed by atoms with Gasteiger partial charge in [0.25, 0.3) is 0 Å². The molecule has 0 amide bonds. The number of benzene rings is 2. The van der Waals surface area contributed by atoms with Crippen molar-refractivity contribution in [3.63, 3.8) is 0 Å². The first kappa shape index (κ1) is 27.4. The standard InChI is InChI=1S/C25H31N3O4Si.ClH/c1-29-10-12-31-23-16-20-18-26-25(28-22(20)17-24(23)32-13-11-30-2)27-21-8-6-7-19(15-21)9-14-33(3,4)5;/h6-8,15-18H,10-13H2,1-5H3,(H,26,27,28);1H. The summed E-state index contributed by atoms with van der Waals surface area (Å²) in [4.78, 5) is 9.14. The Bertz CT molecular complexity index is 1140. The number of ether oxygens (including phenoxy) is 4. The van der Waals surface area contributed by atoms with Gasteiger partial charge in [-0.1, -0.05) is 31.6 Å². The number of hydrogen-bond donors (Lipinski definition) is 1. The van der Waals surface area contributed by atoms with Crippen LogP contribution in [0.2, 0.25) is 19.6 Å². The summed E-state index contributed by atoms with van der Waals surface area (Å²) in [7, 11) is 1.83. The van der Waals surface area contributed by atoms with Crippen LogP contribution in [0.1, 0.15) is 5.56 Å². The number of hydrogen-bond acceptors (Lipinski definition) is 7. The lowest BCUT2D eigenvalue weighted by atomic mass is 10.2. The van der Waals surface area contributed by atoms with Gasteiger partial charge in [-0.3, -0.25) is 0 Å². The quantitative estimate of drug-likeness (QED) is 0.236. The van der Waals surface area contributed by atoms with Gasteiger partial charge < -0.3 is 24.3 Å². The van der Waals surface area contributed by atoms with Crippen molar-refractivity contribution >= 4 is 43.0 Å². The molecule has 0 saturated heterocycles. The fourth-order valence-electron chi connectivity index (χ4n) is 2.86. The number of nitrogens with one attached hydrogen (secondary N) is 1. The van der Waals surface area contributed by atoms with Gasteiger partial charge in [-0.15, -0.1) is 18.0 Å². The van der Waals surface area contributed by atoms with Crippen molar-refractivity contribution in [3.8, 4) is 23.0 Å². The fourth-order valence-corrected chi connectivity index (χ4v) is 3.38. The van der Waals surface area contributed by atoms with Crippen molar-refractivity contribution in [2.45, 2.75) is 19.6 Å². The van der Waals surface area contributed by atoms with Crippen molar-refractivity contribution in [2.24, 2.45) is 0 Å². The van der Waals surface area contributed by atoms with Gasteiger partial charge in [0.05, 0.1) is 18.7 Å². The van der Waals surface area contributed by atoms with Crippen LogP contribution in [0.25, 0.3) is 10.9 Å². The van der Waals surface area contributed by atoms with Crippen LogP contribution in [-0.4, -0.2) is 58.7 Å². The summed E-state index contributed by atoms with van der Waals surface area (Å²) in [6.45, 7) is 8.47. The summed E-state index contributed by atoms with van der Waals surface area (Å²) in [5.74, 6) is 4.99. The Hall–Kier alpha value is -2.83. The number of nitrogens with zero attached hydrogens (tertiary/aromatic N) is 2. The molecule has 3 aromatic rings. The van der Waals surface area contributed by atoms with Crippen LogP contribution in [-0.2, 0) is 9.47 Å². The molecule has 0 atom stereocenters. The highest BCUT2D eigenvalue weighted by Crippen LogP contribution is 2.32. The first-order valence-corrected chi connectivity index (χ1v) is 14.3. The average molecular weight is 502 g/mol. The largest absolute Gasteiger partial charge is 0.487 e. The second-order valence-corrected chi connectivity index (χ2v) is 13.2. The molecule has 0 bridgehead atoms. The van der Waals surface area contributed by atoms with E-state index in [0.717, 1.165) is 22.2 Å². The lowest BCUT2D eigenvalue weighted by molar-refractivity contribution is 0.132. The third-order valence-electron chi connectivity index (χ3n) is 4.44. The highest BCUT2D eigenvalue weighted by atomic mass is 35.5. The molecular formula is C25H32ClN3O4Si. The first-order chi connectivity index (χ1) is 15.9. The second-order valence-electron chi connectivity index (χ2n) is 8.44. The molecule has 3 rings (SSSR count). The SMILES string of the molecule is COCCOc1cc2cnc(Nc3cccc(C#C[Si](C)(C)C)c3)nc2cc1OCCOC.Cl. The lowest BCUT2D eigenvalue weighted by Crippen LogP contribution is -2.16. The molecule has 1 N–H and O–H groups in total. The minimum Gasteiger partial charge on any atom is -0.487 e. The van der Waals surface area contributed by atoms with E-state index in [4.69, 9.17) is 18.9 Å². The summed E-state index contributed by atoms with van der Waals surface area (Å²) >= 11 is 0. The molecule has 0 aliphatic rings. The molecule has 0 aliphatic carbocycles. The zero-order chi connectivity index (χ0) is 23.7. The number of rotatable bonds is 10. The van der Waals surface area contributed by atoms with E-state index in [2.05, 4.69) is 46.4 Å². The summed E-state index contributed by atoms with van der Waals surface area (Å²) in [5.41, 5.74) is 5.99. The molecule has 2 aromatic carbocycles. The molecule has 0 unspecified atom stereocenters. The predicted molar refractivity (Wildman–Crippen MR) is 141 cm³/mol. The Labute approximate surface area is 208 Å². The third-order valence-corrected chi connectivity index (χ3v) is 5.31. The van der Waals surface area contributed by atoms with Crippen molar-refractivity contribution in [3.05, 3.63) is 48.2 Å². The van der Waals surface area contributed by atoms with Crippen molar-refractivity contribution in [1.29, 1.82) is 0 Å². The number of anilines is 2. The number of methoxy groups -OCH3 is 2. The fraction of sp³-hybridized carbons (Fsp3) is 0.360. The van der Waals surface area contributed by atoms with Gasteiger partial charge in [0.15, 0.2) is 11.5 Å². The lowest BCUT2D eigenvalue weighted by Gasteiger charge is -2.14. The van der Waals surface area contributed by atoms with E-state index < -0.39 is 8.07 Å². The van der Waals surface area contributed by atoms with Crippen LogP contribution in [0.3, 0.4) is 0 Å². The summed E-state index contributed by atoms with van der Waals surface area (Å²) < 4.78 is 21.9. The average Bonchev–Trinajstić information content (AvgIpc) is 2.78. The molecule has 0 spiro atoms. The zero-order valence-electron chi connectivity index (χ0n) is 20.3. The Kier molecular flexibility index (Phi) is 10.6. The predicted octanol–water partition coefficient (Wildman–Crippen LogP) is 5.07. The highest BCUT2D eigenvalue weighted by Gasteiger charge is 2.11. The zero-order valence-corrected chi connectivity index (χ0v) is 22.1. The maximum absolute atomic E-state index is 5.86. The summed E-state index contributed by atoms with van der Waals surface area (Å²) in [6.07, 6.45) is 1.77. The third kappa shape index (κ3) is 8.50. The van der Waals surface area contributed by atoms with Crippen LogP contribution >= 0.6 is 12.4 Å². The van der Waals surface area contributed by atoms with Crippen LogP contribution < -0.4 is 14.8 Å². The Morgan fingerprint density at radius 3 is 2.24 bits per heavy atom. The molecule has 0 aliphatic heterocycles. The maximum atomic E-state index is 5.86. The molecule has 0 fully saturated rings. The molecule has 0 saturated carbocycles. The molecule has 1 aromatic heterocycles. The van der Waals surface area contributed by atoms with Crippen LogP contribution in [0.4, 0.5) is 11.6 Å². The molecule has 34 heavy (non-hydrogen) atoms. The highest BCUT2D eigenvalue weighted by molar-refractivity contribution is 6.83. The molecule has 0 radical (unpaired) electrons. The van der Waals surface area contributed by atoms with Gasteiger partial charge >= 0.3 is 0 Å². The van der Waals surface area contributed by atoms with Gasteiger partial charge in [0.1, 0.15) is 21.3 Å². The molecular weight excluding hydrogens is 470 g/mol. The van der Waals surface area contributed by atoms with E-state index in [1.807, 2.05) is 36.4 Å².